The normalized spacial score (nSPS) is 15.4. The summed E-state index contributed by atoms with van der Waals surface area (Å²) in [5.41, 5.74) is 4.66. The molecule has 1 rings (SSSR count). The van der Waals surface area contributed by atoms with E-state index in [0.29, 0.717) is 12.0 Å². The van der Waals surface area contributed by atoms with Gasteiger partial charge in [0.25, 0.3) is 0 Å². The fourth-order valence-corrected chi connectivity index (χ4v) is 1.53. The van der Waals surface area contributed by atoms with Gasteiger partial charge in [0.2, 0.25) is 0 Å². The topological polar surface area (TPSA) is 43.8 Å². The molecule has 0 saturated heterocycles. The van der Waals surface area contributed by atoms with Crippen LogP contribution in [0.3, 0.4) is 0 Å². The Morgan fingerprint density at radius 3 is 2.71 bits per heavy atom. The predicted molar refractivity (Wildman–Crippen MR) is 54.6 cm³/mol. The van der Waals surface area contributed by atoms with Gasteiger partial charge in [-0.1, -0.05) is 13.3 Å². The Labute approximate surface area is 84.1 Å². The van der Waals surface area contributed by atoms with Crippen LogP contribution >= 0.6 is 0 Å². The Morgan fingerprint density at radius 2 is 2.29 bits per heavy atom. The predicted octanol–water partition coefficient (Wildman–Crippen LogP) is 1.83. The van der Waals surface area contributed by atoms with Gasteiger partial charge >= 0.3 is 0 Å². The fourth-order valence-electron chi connectivity index (χ4n) is 1.53. The summed E-state index contributed by atoms with van der Waals surface area (Å²) >= 11 is 0. The van der Waals surface area contributed by atoms with Crippen molar-refractivity contribution in [1.29, 1.82) is 0 Å². The van der Waals surface area contributed by atoms with E-state index in [1.807, 2.05) is 13.8 Å². The summed E-state index contributed by atoms with van der Waals surface area (Å²) < 4.78 is 15.9. The lowest BCUT2D eigenvalue weighted by atomic mass is 9.94. The maximum absolute atomic E-state index is 14.2. The standard InChI is InChI=1S/C10H18FN3/c1-3-5-10(11,8-12)9-6-13-14(4-2)7-9/h6-7H,3-5,8,12H2,1-2H3. The quantitative estimate of drug-likeness (QED) is 0.786. The molecule has 0 spiro atoms. The van der Waals surface area contributed by atoms with Crippen molar-refractivity contribution >= 4 is 0 Å². The van der Waals surface area contributed by atoms with Crippen LogP contribution < -0.4 is 5.73 Å². The van der Waals surface area contributed by atoms with Crippen LogP contribution in [0, 0.1) is 0 Å². The summed E-state index contributed by atoms with van der Waals surface area (Å²) in [5, 5.41) is 4.05. The Morgan fingerprint density at radius 1 is 1.57 bits per heavy atom. The molecule has 4 heteroatoms. The first-order valence-electron chi connectivity index (χ1n) is 5.08. The summed E-state index contributed by atoms with van der Waals surface area (Å²) in [6.07, 6.45) is 4.55. The van der Waals surface area contributed by atoms with Crippen LogP contribution in [0.2, 0.25) is 0 Å². The van der Waals surface area contributed by atoms with Gasteiger partial charge in [0, 0.05) is 24.8 Å². The molecule has 80 valence electrons. The number of halogens is 1. The van der Waals surface area contributed by atoms with Crippen LogP contribution in [0.5, 0.6) is 0 Å². The van der Waals surface area contributed by atoms with Crippen molar-refractivity contribution in [2.24, 2.45) is 5.73 Å². The van der Waals surface area contributed by atoms with Crippen molar-refractivity contribution in [3.8, 4) is 0 Å². The Balaban J connectivity index is 2.87. The zero-order valence-electron chi connectivity index (χ0n) is 8.83. The zero-order valence-corrected chi connectivity index (χ0v) is 8.83. The third kappa shape index (κ3) is 2.12. The average Bonchev–Trinajstić information content (AvgIpc) is 2.66. The third-order valence-electron chi connectivity index (χ3n) is 2.44. The molecule has 0 aliphatic carbocycles. The molecule has 0 saturated carbocycles. The molecule has 0 bridgehead atoms. The van der Waals surface area contributed by atoms with E-state index < -0.39 is 5.67 Å². The van der Waals surface area contributed by atoms with E-state index in [2.05, 4.69) is 5.10 Å². The monoisotopic (exact) mass is 199 g/mol. The highest BCUT2D eigenvalue weighted by molar-refractivity contribution is 5.16. The lowest BCUT2D eigenvalue weighted by Crippen LogP contribution is -2.29. The van der Waals surface area contributed by atoms with Gasteiger partial charge < -0.3 is 5.73 Å². The van der Waals surface area contributed by atoms with Crippen molar-refractivity contribution < 1.29 is 4.39 Å². The van der Waals surface area contributed by atoms with Crippen molar-refractivity contribution in [2.45, 2.75) is 38.9 Å². The van der Waals surface area contributed by atoms with Crippen LogP contribution in [-0.2, 0) is 12.2 Å². The van der Waals surface area contributed by atoms with E-state index in [1.165, 1.54) is 0 Å². The molecular formula is C10H18FN3. The third-order valence-corrected chi connectivity index (χ3v) is 2.44. The Hall–Kier alpha value is -0.900. The first-order valence-corrected chi connectivity index (χ1v) is 5.08. The molecule has 0 aromatic carbocycles. The first-order chi connectivity index (χ1) is 6.66. The van der Waals surface area contributed by atoms with Crippen molar-refractivity contribution in [3.05, 3.63) is 18.0 Å². The summed E-state index contributed by atoms with van der Waals surface area (Å²) in [5.74, 6) is 0. The maximum Gasteiger partial charge on any atom is 0.151 e. The van der Waals surface area contributed by atoms with E-state index >= 15 is 0 Å². The van der Waals surface area contributed by atoms with E-state index in [-0.39, 0.29) is 6.54 Å². The fraction of sp³-hybridized carbons (Fsp3) is 0.700. The molecule has 0 aliphatic rings. The average molecular weight is 199 g/mol. The van der Waals surface area contributed by atoms with Gasteiger partial charge in [-0.05, 0) is 13.3 Å². The second-order valence-electron chi connectivity index (χ2n) is 3.50. The van der Waals surface area contributed by atoms with Crippen molar-refractivity contribution in [3.63, 3.8) is 0 Å². The zero-order chi connectivity index (χ0) is 10.6. The lowest BCUT2D eigenvalue weighted by Gasteiger charge is -2.21. The largest absolute Gasteiger partial charge is 0.327 e. The number of rotatable bonds is 5. The number of alkyl halides is 1. The maximum atomic E-state index is 14.2. The number of hydrogen-bond acceptors (Lipinski definition) is 2. The minimum Gasteiger partial charge on any atom is -0.327 e. The minimum absolute atomic E-state index is 0.0241. The van der Waals surface area contributed by atoms with E-state index in [4.69, 9.17) is 5.73 Å². The SMILES string of the molecule is CCCC(F)(CN)c1cnn(CC)c1. The molecule has 1 unspecified atom stereocenters. The molecular weight excluding hydrogens is 181 g/mol. The number of nitrogens with zero attached hydrogens (tertiary/aromatic N) is 2. The lowest BCUT2D eigenvalue weighted by molar-refractivity contribution is 0.159. The van der Waals surface area contributed by atoms with Gasteiger partial charge in [0.05, 0.1) is 6.20 Å². The van der Waals surface area contributed by atoms with Crippen LogP contribution in [0.15, 0.2) is 12.4 Å². The highest BCUT2D eigenvalue weighted by Crippen LogP contribution is 2.29. The van der Waals surface area contributed by atoms with Crippen LogP contribution in [0.1, 0.15) is 32.3 Å². The number of nitrogens with two attached hydrogens (primary N) is 1. The highest BCUT2D eigenvalue weighted by Gasteiger charge is 2.30. The molecule has 0 radical (unpaired) electrons. The molecule has 0 amide bonds. The van der Waals surface area contributed by atoms with Gasteiger partial charge in [-0.15, -0.1) is 0 Å². The Kier molecular flexibility index (Phi) is 3.63. The van der Waals surface area contributed by atoms with Crippen molar-refractivity contribution in [1.82, 2.24) is 9.78 Å². The summed E-state index contributed by atoms with van der Waals surface area (Å²) in [7, 11) is 0. The van der Waals surface area contributed by atoms with Gasteiger partial charge in [0.1, 0.15) is 0 Å². The molecule has 2 N–H and O–H groups in total. The van der Waals surface area contributed by atoms with Crippen LogP contribution in [0.25, 0.3) is 0 Å². The molecule has 0 aliphatic heterocycles. The summed E-state index contributed by atoms with van der Waals surface area (Å²) in [6, 6.07) is 0. The van der Waals surface area contributed by atoms with Gasteiger partial charge in [-0.25, -0.2) is 4.39 Å². The second kappa shape index (κ2) is 4.55. The molecule has 1 atom stereocenters. The minimum atomic E-state index is -1.40. The van der Waals surface area contributed by atoms with Gasteiger partial charge in [0.15, 0.2) is 5.67 Å². The number of aryl methyl sites for hydroxylation is 1. The van der Waals surface area contributed by atoms with Gasteiger partial charge in [-0.2, -0.15) is 5.10 Å². The molecule has 1 aromatic heterocycles. The van der Waals surface area contributed by atoms with Crippen LogP contribution in [0.4, 0.5) is 4.39 Å². The molecule has 0 fully saturated rings. The number of hydrogen-bond donors (Lipinski definition) is 1. The van der Waals surface area contributed by atoms with E-state index in [0.717, 1.165) is 13.0 Å². The highest BCUT2D eigenvalue weighted by atomic mass is 19.1. The summed E-state index contributed by atoms with van der Waals surface area (Å²) in [4.78, 5) is 0. The van der Waals surface area contributed by atoms with Crippen LogP contribution in [-0.4, -0.2) is 16.3 Å². The molecule has 1 aromatic rings. The molecule has 3 nitrogen and oxygen atoms in total. The first kappa shape index (κ1) is 11.2. The molecule has 14 heavy (non-hydrogen) atoms. The second-order valence-corrected chi connectivity index (χ2v) is 3.50. The number of aromatic nitrogens is 2. The molecule has 1 heterocycles. The van der Waals surface area contributed by atoms with E-state index in [1.54, 1.807) is 17.1 Å². The smallest absolute Gasteiger partial charge is 0.151 e. The van der Waals surface area contributed by atoms with E-state index in [9.17, 15) is 4.39 Å². The Bertz CT molecular complexity index is 285. The summed E-state index contributed by atoms with van der Waals surface area (Å²) in [6.45, 7) is 4.70. The van der Waals surface area contributed by atoms with Gasteiger partial charge in [-0.3, -0.25) is 4.68 Å². The van der Waals surface area contributed by atoms with Crippen molar-refractivity contribution in [2.75, 3.05) is 6.54 Å².